The van der Waals surface area contributed by atoms with Crippen LogP contribution in [0.2, 0.25) is 0 Å². The number of amides is 1. The van der Waals surface area contributed by atoms with E-state index in [4.69, 9.17) is 4.42 Å². The van der Waals surface area contributed by atoms with Gasteiger partial charge in [-0.15, -0.1) is 11.3 Å². The molecule has 1 saturated heterocycles. The van der Waals surface area contributed by atoms with Crippen molar-refractivity contribution >= 4 is 38.3 Å². The average molecular weight is 498 g/mol. The maximum Gasteiger partial charge on any atom is 0.287 e. The summed E-state index contributed by atoms with van der Waals surface area (Å²) in [5.74, 6) is -0.0129. The van der Waals surface area contributed by atoms with Crippen LogP contribution in [0, 0.1) is 0 Å². The summed E-state index contributed by atoms with van der Waals surface area (Å²) in [5.41, 5.74) is 1.55. The number of benzene rings is 2. The Balaban J connectivity index is 1.11. The molecule has 2 N–H and O–H groups in total. The normalized spacial score (nSPS) is 15.9. The second kappa shape index (κ2) is 9.50. The highest BCUT2D eigenvalue weighted by molar-refractivity contribution is 7.19. The lowest BCUT2D eigenvalue weighted by Crippen LogP contribution is -2.42. The van der Waals surface area contributed by atoms with Gasteiger partial charge in [0.2, 0.25) is 0 Å². The molecule has 0 saturated carbocycles. The Labute approximate surface area is 213 Å². The van der Waals surface area contributed by atoms with Gasteiger partial charge in [-0.25, -0.2) is 0 Å². The summed E-state index contributed by atoms with van der Waals surface area (Å²) in [6.07, 6.45) is 4.75. The molecule has 1 fully saturated rings. The van der Waals surface area contributed by atoms with Gasteiger partial charge in [0.15, 0.2) is 5.76 Å². The molecule has 0 bridgehead atoms. The highest BCUT2D eigenvalue weighted by Gasteiger charge is 2.34. The number of hydrogen-bond acceptors (Lipinski definition) is 6. The number of likely N-dealkylation sites (tertiary alicyclic amines) is 1. The van der Waals surface area contributed by atoms with E-state index in [-0.39, 0.29) is 11.7 Å². The van der Waals surface area contributed by atoms with E-state index in [1.54, 1.807) is 18.5 Å². The van der Waals surface area contributed by atoms with Crippen LogP contribution in [-0.2, 0) is 18.7 Å². The molecule has 1 aliphatic heterocycles. The van der Waals surface area contributed by atoms with Gasteiger partial charge in [-0.2, -0.15) is 0 Å². The summed E-state index contributed by atoms with van der Waals surface area (Å²) in [6, 6.07) is 22.0. The zero-order chi connectivity index (χ0) is 24.5. The predicted molar refractivity (Wildman–Crippen MR) is 142 cm³/mol. The fourth-order valence-corrected chi connectivity index (χ4v) is 6.03. The second-order valence-corrected chi connectivity index (χ2v) is 10.6. The van der Waals surface area contributed by atoms with Gasteiger partial charge in [-0.05, 0) is 65.8 Å². The minimum Gasteiger partial charge on any atom is -0.451 e. The lowest BCUT2D eigenvalue weighted by molar-refractivity contribution is -0.0274. The highest BCUT2D eigenvalue weighted by atomic mass is 32.1. The Kier molecular flexibility index (Phi) is 6.05. The molecule has 0 spiro atoms. The Morgan fingerprint density at radius 1 is 1.06 bits per heavy atom. The first-order valence-corrected chi connectivity index (χ1v) is 13.0. The van der Waals surface area contributed by atoms with Crippen molar-refractivity contribution < 1.29 is 14.3 Å². The lowest BCUT2D eigenvalue weighted by Gasteiger charge is -2.38. The summed E-state index contributed by atoms with van der Waals surface area (Å²) in [5, 5.41) is 16.5. The molecular weight excluding hydrogens is 470 g/mol. The Morgan fingerprint density at radius 2 is 1.92 bits per heavy atom. The van der Waals surface area contributed by atoms with Gasteiger partial charge in [0, 0.05) is 53.5 Å². The molecule has 6 nitrogen and oxygen atoms in total. The smallest absolute Gasteiger partial charge is 0.287 e. The third-order valence-corrected chi connectivity index (χ3v) is 8.09. The summed E-state index contributed by atoms with van der Waals surface area (Å²) < 4.78 is 7.10. The third-order valence-electron chi connectivity index (χ3n) is 6.99. The van der Waals surface area contributed by atoms with E-state index < -0.39 is 5.60 Å². The zero-order valence-corrected chi connectivity index (χ0v) is 20.6. The number of furan rings is 1. The molecule has 7 heteroatoms. The van der Waals surface area contributed by atoms with Crippen molar-refractivity contribution in [2.24, 2.45) is 0 Å². The Hall–Kier alpha value is -3.52. The van der Waals surface area contributed by atoms with Crippen molar-refractivity contribution in [1.29, 1.82) is 0 Å². The third kappa shape index (κ3) is 4.65. The first-order valence-electron chi connectivity index (χ1n) is 12.2. The maximum atomic E-state index is 12.6. The zero-order valence-electron chi connectivity index (χ0n) is 19.8. The number of carbonyl (C=O) groups is 1. The summed E-state index contributed by atoms with van der Waals surface area (Å²) in [6.45, 7) is 2.95. The van der Waals surface area contributed by atoms with Crippen LogP contribution < -0.4 is 5.32 Å². The number of pyridine rings is 1. The molecule has 2 aromatic carbocycles. The topological polar surface area (TPSA) is 78.6 Å². The van der Waals surface area contributed by atoms with E-state index in [0.717, 1.165) is 36.1 Å². The Morgan fingerprint density at radius 3 is 2.72 bits per heavy atom. The molecule has 0 atom stereocenters. The molecule has 0 aliphatic carbocycles. The fourth-order valence-electron chi connectivity index (χ4n) is 4.92. The molecule has 4 heterocycles. The van der Waals surface area contributed by atoms with Crippen LogP contribution in [0.5, 0.6) is 0 Å². The van der Waals surface area contributed by atoms with Gasteiger partial charge >= 0.3 is 0 Å². The van der Waals surface area contributed by atoms with Gasteiger partial charge in [-0.1, -0.05) is 30.3 Å². The van der Waals surface area contributed by atoms with E-state index >= 15 is 0 Å². The standard InChI is InChI=1S/C29H27N3O3S/c33-28(31-18-20-4-3-11-30-17-20)26-16-22-14-23(7-8-25(22)35-26)29(34)9-12-32(13-10-29)19-24-15-21-5-1-2-6-27(21)36-24/h1-8,11,14-17,34H,9-10,12-13,18-19H2,(H,31,33). The predicted octanol–water partition coefficient (Wildman–Crippen LogP) is 5.46. The summed E-state index contributed by atoms with van der Waals surface area (Å²) in [4.78, 5) is 20.4. The van der Waals surface area contributed by atoms with Gasteiger partial charge < -0.3 is 14.8 Å². The molecule has 1 amide bonds. The van der Waals surface area contributed by atoms with Crippen LogP contribution >= 0.6 is 11.3 Å². The van der Waals surface area contributed by atoms with Crippen LogP contribution in [0.4, 0.5) is 0 Å². The van der Waals surface area contributed by atoms with Crippen molar-refractivity contribution in [2.45, 2.75) is 31.5 Å². The van der Waals surface area contributed by atoms with Crippen molar-refractivity contribution in [3.05, 3.63) is 101 Å². The number of aliphatic hydroxyl groups is 1. The molecule has 0 radical (unpaired) electrons. The number of hydrogen-bond donors (Lipinski definition) is 2. The first-order chi connectivity index (χ1) is 17.6. The SMILES string of the molecule is O=C(NCc1cccnc1)c1cc2cc(C3(O)CCN(Cc4cc5ccccc5s4)CC3)ccc2o1. The summed E-state index contributed by atoms with van der Waals surface area (Å²) in [7, 11) is 0. The number of piperidine rings is 1. The summed E-state index contributed by atoms with van der Waals surface area (Å²) >= 11 is 1.84. The van der Waals surface area contributed by atoms with E-state index in [9.17, 15) is 9.90 Å². The van der Waals surface area contributed by atoms with Crippen LogP contribution in [0.25, 0.3) is 21.1 Å². The van der Waals surface area contributed by atoms with Gasteiger partial charge in [0.1, 0.15) is 5.58 Å². The molecule has 0 unspecified atom stereocenters. The quantitative estimate of drug-likeness (QED) is 0.326. The molecule has 5 aromatic rings. The Bertz CT molecular complexity index is 1480. The fraction of sp³-hybridized carbons (Fsp3) is 0.241. The van der Waals surface area contributed by atoms with Gasteiger partial charge in [0.25, 0.3) is 5.91 Å². The van der Waals surface area contributed by atoms with Crippen molar-refractivity contribution in [3.8, 4) is 0 Å². The second-order valence-electron chi connectivity index (χ2n) is 9.47. The number of thiophene rings is 1. The van der Waals surface area contributed by atoms with Gasteiger partial charge in [0.05, 0.1) is 5.60 Å². The minimum absolute atomic E-state index is 0.260. The highest BCUT2D eigenvalue weighted by Crippen LogP contribution is 2.36. The number of nitrogens with one attached hydrogen (secondary N) is 1. The lowest BCUT2D eigenvalue weighted by atomic mass is 9.84. The largest absolute Gasteiger partial charge is 0.451 e. The molecule has 182 valence electrons. The van der Waals surface area contributed by atoms with Crippen LogP contribution in [0.3, 0.4) is 0 Å². The molecule has 6 rings (SSSR count). The van der Waals surface area contributed by atoms with Crippen molar-refractivity contribution in [2.75, 3.05) is 13.1 Å². The average Bonchev–Trinajstić information content (AvgIpc) is 3.52. The number of rotatable bonds is 6. The van der Waals surface area contributed by atoms with Crippen LogP contribution in [0.15, 0.2) is 83.5 Å². The number of aromatic nitrogens is 1. The maximum absolute atomic E-state index is 12.6. The van der Waals surface area contributed by atoms with E-state index in [1.165, 1.54) is 15.0 Å². The minimum atomic E-state index is -0.884. The van der Waals surface area contributed by atoms with Crippen molar-refractivity contribution in [1.82, 2.24) is 15.2 Å². The molecule has 36 heavy (non-hydrogen) atoms. The molecule has 1 aliphatic rings. The number of carbonyl (C=O) groups excluding carboxylic acids is 1. The van der Waals surface area contributed by atoms with Crippen LogP contribution in [0.1, 0.15) is 39.4 Å². The van der Waals surface area contributed by atoms with E-state index in [2.05, 4.69) is 45.5 Å². The molecule has 3 aromatic heterocycles. The van der Waals surface area contributed by atoms with E-state index in [0.29, 0.717) is 25.0 Å². The monoisotopic (exact) mass is 497 g/mol. The first kappa shape index (κ1) is 22.9. The van der Waals surface area contributed by atoms with Crippen LogP contribution in [-0.4, -0.2) is 34.0 Å². The molecular formula is C29H27N3O3S. The number of fused-ring (bicyclic) bond motifs is 2. The number of nitrogens with zero attached hydrogens (tertiary/aromatic N) is 2. The van der Waals surface area contributed by atoms with E-state index in [1.807, 2.05) is 41.7 Å². The van der Waals surface area contributed by atoms with Gasteiger partial charge in [-0.3, -0.25) is 14.7 Å². The van der Waals surface area contributed by atoms with Crippen molar-refractivity contribution in [3.63, 3.8) is 0 Å².